The zero-order valence-corrected chi connectivity index (χ0v) is 9.01. The predicted octanol–water partition coefficient (Wildman–Crippen LogP) is 0.192. The van der Waals surface area contributed by atoms with Gasteiger partial charge in [0.25, 0.3) is 0 Å². The molecule has 84 valence electrons. The highest BCUT2D eigenvalue weighted by molar-refractivity contribution is 5.68. The Hall–Kier alpha value is -2.18. The smallest absolute Gasteiger partial charge is 0.349 e. The highest BCUT2D eigenvalue weighted by Gasteiger charge is 2.11. The molecule has 0 bridgehead atoms. The van der Waals surface area contributed by atoms with Crippen LogP contribution < -0.4 is 11.4 Å². The molecular weight excluding hydrogens is 208 g/mol. The lowest BCUT2D eigenvalue weighted by atomic mass is 10.2. The topological polar surface area (TPSA) is 102 Å². The summed E-state index contributed by atoms with van der Waals surface area (Å²) >= 11 is 0. The van der Waals surface area contributed by atoms with Crippen molar-refractivity contribution >= 4 is 5.82 Å². The third kappa shape index (κ3) is 1.67. The van der Waals surface area contributed by atoms with Crippen LogP contribution >= 0.6 is 0 Å². The summed E-state index contributed by atoms with van der Waals surface area (Å²) in [6, 6.07) is 0.0197. The van der Waals surface area contributed by atoms with Crippen LogP contribution in [0.4, 0.5) is 5.82 Å². The summed E-state index contributed by atoms with van der Waals surface area (Å²) in [5.74, 6) is 0.163. The van der Waals surface area contributed by atoms with Crippen molar-refractivity contribution in [2.45, 2.75) is 19.9 Å². The second-order valence-corrected chi connectivity index (χ2v) is 3.68. The van der Waals surface area contributed by atoms with Gasteiger partial charge in [0.1, 0.15) is 11.5 Å². The van der Waals surface area contributed by atoms with Crippen molar-refractivity contribution in [3.8, 4) is 11.3 Å². The van der Waals surface area contributed by atoms with Crippen LogP contribution in [0, 0.1) is 0 Å². The number of nitrogens with one attached hydrogen (secondary N) is 1. The van der Waals surface area contributed by atoms with E-state index in [0.29, 0.717) is 11.3 Å². The highest BCUT2D eigenvalue weighted by atomic mass is 16.1. The number of rotatable bonds is 2. The molecule has 0 saturated heterocycles. The van der Waals surface area contributed by atoms with Crippen molar-refractivity contribution in [2.24, 2.45) is 0 Å². The number of aromatic amines is 1. The molecule has 0 saturated carbocycles. The first-order valence-corrected chi connectivity index (χ1v) is 4.84. The lowest BCUT2D eigenvalue weighted by Crippen LogP contribution is -2.25. The summed E-state index contributed by atoms with van der Waals surface area (Å²) in [7, 11) is 0. The number of hydrogen-bond donors (Lipinski definition) is 2. The molecule has 0 unspecified atom stereocenters. The van der Waals surface area contributed by atoms with E-state index in [0.717, 1.165) is 0 Å². The predicted molar refractivity (Wildman–Crippen MR) is 58.7 cm³/mol. The normalized spacial score (nSPS) is 10.9. The summed E-state index contributed by atoms with van der Waals surface area (Å²) in [6.07, 6.45) is 3.18. The van der Waals surface area contributed by atoms with Gasteiger partial charge in [-0.25, -0.2) is 4.79 Å². The maximum Gasteiger partial charge on any atom is 0.349 e. The number of aromatic nitrogens is 5. The molecule has 0 amide bonds. The molecule has 0 aliphatic rings. The van der Waals surface area contributed by atoms with Gasteiger partial charge in [-0.05, 0) is 13.8 Å². The summed E-state index contributed by atoms with van der Waals surface area (Å²) in [6.45, 7) is 3.79. The van der Waals surface area contributed by atoms with Crippen LogP contribution in [0.5, 0.6) is 0 Å². The fourth-order valence-electron chi connectivity index (χ4n) is 1.38. The Morgan fingerprint density at radius 3 is 2.81 bits per heavy atom. The van der Waals surface area contributed by atoms with Crippen molar-refractivity contribution in [3.05, 3.63) is 22.9 Å². The molecule has 0 fully saturated rings. The van der Waals surface area contributed by atoms with Gasteiger partial charge in [-0.2, -0.15) is 20.4 Å². The lowest BCUT2D eigenvalue weighted by molar-refractivity contribution is 0.565. The molecule has 0 spiro atoms. The zero-order valence-electron chi connectivity index (χ0n) is 9.01. The minimum Gasteiger partial charge on any atom is -0.383 e. The first-order valence-electron chi connectivity index (χ1n) is 4.84. The van der Waals surface area contributed by atoms with Crippen LogP contribution in [0.1, 0.15) is 19.9 Å². The highest BCUT2D eigenvalue weighted by Crippen LogP contribution is 2.19. The van der Waals surface area contributed by atoms with Crippen LogP contribution in [0.2, 0.25) is 0 Å². The van der Waals surface area contributed by atoms with Gasteiger partial charge in [-0.1, -0.05) is 0 Å². The minimum absolute atomic E-state index is 0.0197. The molecule has 0 radical (unpaired) electrons. The van der Waals surface area contributed by atoms with E-state index in [1.807, 2.05) is 13.8 Å². The second-order valence-electron chi connectivity index (χ2n) is 3.68. The van der Waals surface area contributed by atoms with Gasteiger partial charge in [-0.3, -0.25) is 4.57 Å². The largest absolute Gasteiger partial charge is 0.383 e. The Labute approximate surface area is 91.3 Å². The molecule has 3 N–H and O–H groups in total. The van der Waals surface area contributed by atoms with Crippen molar-refractivity contribution in [1.82, 2.24) is 25.0 Å². The molecule has 7 heteroatoms. The third-order valence-corrected chi connectivity index (χ3v) is 2.23. The van der Waals surface area contributed by atoms with Crippen LogP contribution in [0.15, 0.2) is 17.2 Å². The van der Waals surface area contributed by atoms with Gasteiger partial charge in [0.2, 0.25) is 0 Å². The van der Waals surface area contributed by atoms with E-state index in [4.69, 9.17) is 5.73 Å². The van der Waals surface area contributed by atoms with Crippen molar-refractivity contribution in [3.63, 3.8) is 0 Å². The minimum atomic E-state index is -0.361. The van der Waals surface area contributed by atoms with Crippen molar-refractivity contribution in [2.75, 3.05) is 5.73 Å². The molecular formula is C9H12N6O. The molecule has 2 aromatic heterocycles. The SMILES string of the molecule is CC(C)n1cc(-c2cn[nH]n2)c(N)nc1=O. The van der Waals surface area contributed by atoms with Gasteiger partial charge in [-0.15, -0.1) is 0 Å². The number of nitrogens with two attached hydrogens (primary N) is 1. The monoisotopic (exact) mass is 220 g/mol. The Kier molecular flexibility index (Phi) is 2.43. The van der Waals surface area contributed by atoms with E-state index in [9.17, 15) is 4.79 Å². The van der Waals surface area contributed by atoms with E-state index < -0.39 is 0 Å². The van der Waals surface area contributed by atoms with Gasteiger partial charge in [0.15, 0.2) is 0 Å². The van der Waals surface area contributed by atoms with Gasteiger partial charge >= 0.3 is 5.69 Å². The van der Waals surface area contributed by atoms with E-state index >= 15 is 0 Å². The quantitative estimate of drug-likeness (QED) is 0.752. The molecule has 0 atom stereocenters. The van der Waals surface area contributed by atoms with Crippen molar-refractivity contribution in [1.29, 1.82) is 0 Å². The number of nitrogen functional groups attached to an aromatic ring is 1. The molecule has 2 aromatic rings. The third-order valence-electron chi connectivity index (χ3n) is 2.23. The molecule has 0 aliphatic carbocycles. The number of nitrogens with zero attached hydrogens (tertiary/aromatic N) is 4. The van der Waals surface area contributed by atoms with E-state index in [1.165, 1.54) is 10.8 Å². The average Bonchev–Trinajstić information content (AvgIpc) is 2.70. The summed E-state index contributed by atoms with van der Waals surface area (Å²) < 4.78 is 1.50. The van der Waals surface area contributed by atoms with E-state index in [2.05, 4.69) is 20.4 Å². The second kappa shape index (κ2) is 3.76. The van der Waals surface area contributed by atoms with Gasteiger partial charge in [0, 0.05) is 12.2 Å². The maximum absolute atomic E-state index is 11.5. The molecule has 2 rings (SSSR count). The van der Waals surface area contributed by atoms with Crippen LogP contribution in [0.3, 0.4) is 0 Å². The fraction of sp³-hybridized carbons (Fsp3) is 0.333. The summed E-state index contributed by atoms with van der Waals surface area (Å²) in [5, 5.41) is 10.1. The lowest BCUT2D eigenvalue weighted by Gasteiger charge is -2.10. The first kappa shape index (κ1) is 10.3. The zero-order chi connectivity index (χ0) is 11.7. The number of anilines is 1. The summed E-state index contributed by atoms with van der Waals surface area (Å²) in [4.78, 5) is 15.3. The van der Waals surface area contributed by atoms with Crippen LogP contribution in [0.25, 0.3) is 11.3 Å². The average molecular weight is 220 g/mol. The van der Waals surface area contributed by atoms with E-state index in [1.54, 1.807) is 6.20 Å². The Morgan fingerprint density at radius 2 is 2.25 bits per heavy atom. The molecule has 7 nitrogen and oxygen atoms in total. The van der Waals surface area contributed by atoms with Gasteiger partial charge in [0.05, 0.1) is 11.8 Å². The van der Waals surface area contributed by atoms with Crippen molar-refractivity contribution < 1.29 is 0 Å². The van der Waals surface area contributed by atoms with Crippen LogP contribution in [-0.4, -0.2) is 25.0 Å². The molecule has 0 aromatic carbocycles. The number of H-pyrrole nitrogens is 1. The standard InChI is InChI=1S/C9H12N6O/c1-5(2)15-4-6(7-3-11-14-13-7)8(10)12-9(15)16/h3-5H,1-2H3,(H2,10,12,16)(H,11,13,14). The fourth-order valence-corrected chi connectivity index (χ4v) is 1.38. The van der Waals surface area contributed by atoms with Gasteiger partial charge < -0.3 is 5.73 Å². The Morgan fingerprint density at radius 1 is 1.50 bits per heavy atom. The molecule has 0 aliphatic heterocycles. The van der Waals surface area contributed by atoms with E-state index in [-0.39, 0.29) is 17.5 Å². The maximum atomic E-state index is 11.5. The van der Waals surface area contributed by atoms with Crippen LogP contribution in [-0.2, 0) is 0 Å². The number of hydrogen-bond acceptors (Lipinski definition) is 5. The molecule has 2 heterocycles. The Balaban J connectivity index is 2.63. The summed E-state index contributed by atoms with van der Waals surface area (Å²) in [5.41, 5.74) is 6.48. The first-order chi connectivity index (χ1) is 7.59. The Bertz CT molecular complexity index is 542. The molecule has 16 heavy (non-hydrogen) atoms.